The van der Waals surface area contributed by atoms with Crippen LogP contribution in [-0.4, -0.2) is 55.3 Å². The monoisotopic (exact) mass is 335 g/mol. The molecule has 1 saturated heterocycles. The van der Waals surface area contributed by atoms with Gasteiger partial charge in [0.2, 0.25) is 5.91 Å². The van der Waals surface area contributed by atoms with Gasteiger partial charge in [-0.3, -0.25) is 9.69 Å². The minimum atomic E-state index is 0.0122. The molecular weight excluding hydrogens is 306 g/mol. The molecule has 1 aromatic rings. The van der Waals surface area contributed by atoms with Crippen molar-refractivity contribution in [1.82, 2.24) is 15.5 Å². The number of hydrogen-bond donors (Lipinski definition) is 2. The number of thioether (sulfide) groups is 1. The maximum absolute atomic E-state index is 12.5. The summed E-state index contributed by atoms with van der Waals surface area (Å²) in [5.74, 6) is 1.40. The Balaban J connectivity index is 1.74. The average molecular weight is 336 g/mol. The van der Waals surface area contributed by atoms with Crippen LogP contribution in [0.5, 0.6) is 0 Å². The fourth-order valence-electron chi connectivity index (χ4n) is 2.70. The number of piperazine rings is 1. The molecule has 2 rings (SSSR count). The van der Waals surface area contributed by atoms with Crippen LogP contribution in [0.1, 0.15) is 19.4 Å². The van der Waals surface area contributed by atoms with Crippen molar-refractivity contribution in [2.75, 3.05) is 39.3 Å². The van der Waals surface area contributed by atoms with Crippen molar-refractivity contribution < 1.29 is 4.79 Å². The summed E-state index contributed by atoms with van der Waals surface area (Å²) >= 11 is 1.74. The highest BCUT2D eigenvalue weighted by Crippen LogP contribution is 2.23. The van der Waals surface area contributed by atoms with Crippen LogP contribution in [0.25, 0.3) is 0 Å². The predicted molar refractivity (Wildman–Crippen MR) is 98.7 cm³/mol. The number of rotatable bonds is 8. The van der Waals surface area contributed by atoms with Crippen LogP contribution in [0.4, 0.5) is 0 Å². The second-order valence-electron chi connectivity index (χ2n) is 6.34. The molecule has 2 N–H and O–H groups in total. The Morgan fingerprint density at radius 1 is 1.26 bits per heavy atom. The lowest BCUT2D eigenvalue weighted by molar-refractivity contribution is -0.121. The zero-order valence-electron chi connectivity index (χ0n) is 14.3. The van der Waals surface area contributed by atoms with Gasteiger partial charge in [0.1, 0.15) is 0 Å². The predicted octanol–water partition coefficient (Wildman–Crippen LogP) is 1.97. The van der Waals surface area contributed by atoms with Gasteiger partial charge in [-0.2, -0.15) is 0 Å². The number of carbonyl (C=O) groups is 1. The lowest BCUT2D eigenvalue weighted by Gasteiger charge is -2.27. The van der Waals surface area contributed by atoms with Gasteiger partial charge in [-0.25, -0.2) is 0 Å². The molecule has 1 aliphatic heterocycles. The molecule has 0 radical (unpaired) electrons. The molecule has 1 heterocycles. The first-order valence-corrected chi connectivity index (χ1v) is 9.58. The zero-order chi connectivity index (χ0) is 16.5. The van der Waals surface area contributed by atoms with Crippen molar-refractivity contribution in [3.8, 4) is 0 Å². The molecule has 0 aromatic heterocycles. The SMILES string of the molecule is CC(C)C(SCc1ccccc1)C(=O)NCCN1CCNCC1. The first kappa shape index (κ1) is 18.3. The molecule has 4 nitrogen and oxygen atoms in total. The number of hydrogen-bond acceptors (Lipinski definition) is 4. The van der Waals surface area contributed by atoms with E-state index in [0.717, 1.165) is 45.0 Å². The molecule has 1 amide bonds. The lowest BCUT2D eigenvalue weighted by atomic mass is 10.1. The van der Waals surface area contributed by atoms with Crippen molar-refractivity contribution in [3.63, 3.8) is 0 Å². The fourth-order valence-corrected chi connectivity index (χ4v) is 3.89. The normalized spacial score (nSPS) is 17.2. The zero-order valence-corrected chi connectivity index (χ0v) is 15.1. The summed E-state index contributed by atoms with van der Waals surface area (Å²) in [7, 11) is 0. The largest absolute Gasteiger partial charge is 0.354 e. The van der Waals surface area contributed by atoms with Gasteiger partial charge in [0.05, 0.1) is 5.25 Å². The molecule has 1 atom stereocenters. The molecule has 5 heteroatoms. The van der Waals surface area contributed by atoms with Crippen LogP contribution < -0.4 is 10.6 Å². The summed E-state index contributed by atoms with van der Waals surface area (Å²) in [6.45, 7) is 10.2. The Morgan fingerprint density at radius 2 is 1.96 bits per heavy atom. The maximum atomic E-state index is 12.5. The molecule has 1 aromatic carbocycles. The van der Waals surface area contributed by atoms with Gasteiger partial charge in [-0.15, -0.1) is 11.8 Å². The minimum Gasteiger partial charge on any atom is -0.354 e. The summed E-state index contributed by atoms with van der Waals surface area (Å²) < 4.78 is 0. The highest BCUT2D eigenvalue weighted by Gasteiger charge is 2.22. The molecule has 128 valence electrons. The van der Waals surface area contributed by atoms with Crippen LogP contribution in [0, 0.1) is 5.92 Å². The second kappa shape index (κ2) is 9.96. The highest BCUT2D eigenvalue weighted by atomic mass is 32.2. The van der Waals surface area contributed by atoms with E-state index in [4.69, 9.17) is 0 Å². The third kappa shape index (κ3) is 6.53. The van der Waals surface area contributed by atoms with Crippen molar-refractivity contribution in [3.05, 3.63) is 35.9 Å². The van der Waals surface area contributed by atoms with E-state index >= 15 is 0 Å². The standard InChI is InChI=1S/C18H29N3OS/c1-15(2)17(23-14-16-6-4-3-5-7-16)18(22)20-10-13-21-11-8-19-9-12-21/h3-7,15,17,19H,8-14H2,1-2H3,(H,20,22). The van der Waals surface area contributed by atoms with E-state index in [0.29, 0.717) is 5.92 Å². The van der Waals surface area contributed by atoms with Crippen molar-refractivity contribution in [1.29, 1.82) is 0 Å². The van der Waals surface area contributed by atoms with E-state index in [1.165, 1.54) is 5.56 Å². The van der Waals surface area contributed by atoms with Gasteiger partial charge in [-0.05, 0) is 11.5 Å². The Bertz CT molecular complexity index is 461. The van der Waals surface area contributed by atoms with Crippen LogP contribution >= 0.6 is 11.8 Å². The number of nitrogens with one attached hydrogen (secondary N) is 2. The van der Waals surface area contributed by atoms with Crippen LogP contribution in [-0.2, 0) is 10.5 Å². The maximum Gasteiger partial charge on any atom is 0.233 e. The van der Waals surface area contributed by atoms with Crippen LogP contribution in [0.15, 0.2) is 30.3 Å². The molecule has 0 aliphatic carbocycles. The molecule has 1 unspecified atom stereocenters. The fraction of sp³-hybridized carbons (Fsp3) is 0.611. The first-order valence-electron chi connectivity index (χ1n) is 8.53. The third-order valence-electron chi connectivity index (χ3n) is 4.07. The van der Waals surface area contributed by atoms with Gasteiger partial charge < -0.3 is 10.6 Å². The van der Waals surface area contributed by atoms with E-state index in [9.17, 15) is 4.79 Å². The molecule has 0 saturated carbocycles. The van der Waals surface area contributed by atoms with E-state index in [1.807, 2.05) is 18.2 Å². The van der Waals surface area contributed by atoms with Gasteiger partial charge in [0.25, 0.3) is 0 Å². The molecule has 0 bridgehead atoms. The molecule has 1 fully saturated rings. The Labute approximate surface area is 144 Å². The lowest BCUT2D eigenvalue weighted by Crippen LogP contribution is -2.47. The van der Waals surface area contributed by atoms with Gasteiger partial charge in [0, 0.05) is 45.0 Å². The molecule has 23 heavy (non-hydrogen) atoms. The first-order chi connectivity index (χ1) is 11.2. The number of carbonyl (C=O) groups excluding carboxylic acids is 1. The smallest absolute Gasteiger partial charge is 0.233 e. The van der Waals surface area contributed by atoms with Crippen LogP contribution in [0.3, 0.4) is 0 Å². The van der Waals surface area contributed by atoms with Crippen molar-refractivity contribution in [2.45, 2.75) is 24.9 Å². The number of amides is 1. The Hall–Kier alpha value is -1.04. The Morgan fingerprint density at radius 3 is 2.61 bits per heavy atom. The van der Waals surface area contributed by atoms with Crippen molar-refractivity contribution in [2.24, 2.45) is 5.92 Å². The summed E-state index contributed by atoms with van der Waals surface area (Å²) in [6, 6.07) is 10.4. The average Bonchev–Trinajstić information content (AvgIpc) is 2.56. The van der Waals surface area contributed by atoms with Gasteiger partial charge in [-0.1, -0.05) is 44.2 Å². The van der Waals surface area contributed by atoms with E-state index in [1.54, 1.807) is 11.8 Å². The van der Waals surface area contributed by atoms with Gasteiger partial charge in [0.15, 0.2) is 0 Å². The summed E-state index contributed by atoms with van der Waals surface area (Å²) in [5.41, 5.74) is 1.27. The molecule has 1 aliphatic rings. The molecule has 0 spiro atoms. The topological polar surface area (TPSA) is 44.4 Å². The quantitative estimate of drug-likeness (QED) is 0.762. The van der Waals surface area contributed by atoms with Crippen molar-refractivity contribution >= 4 is 17.7 Å². The number of benzene rings is 1. The second-order valence-corrected chi connectivity index (χ2v) is 7.47. The van der Waals surface area contributed by atoms with Gasteiger partial charge >= 0.3 is 0 Å². The van der Waals surface area contributed by atoms with Crippen LogP contribution in [0.2, 0.25) is 0 Å². The third-order valence-corrected chi connectivity index (χ3v) is 5.69. The minimum absolute atomic E-state index is 0.0122. The number of nitrogens with zero attached hydrogens (tertiary/aromatic N) is 1. The summed E-state index contributed by atoms with van der Waals surface area (Å²) in [4.78, 5) is 14.9. The van der Waals surface area contributed by atoms with E-state index in [2.05, 4.69) is 41.5 Å². The van der Waals surface area contributed by atoms with E-state index < -0.39 is 0 Å². The highest BCUT2D eigenvalue weighted by molar-refractivity contribution is 7.99. The summed E-state index contributed by atoms with van der Waals surface area (Å²) in [6.07, 6.45) is 0. The summed E-state index contributed by atoms with van der Waals surface area (Å²) in [5, 5.41) is 6.49. The van der Waals surface area contributed by atoms with E-state index in [-0.39, 0.29) is 11.2 Å². The Kier molecular flexibility index (Phi) is 7.92. The molecular formula is C18H29N3OS.